The van der Waals surface area contributed by atoms with Gasteiger partial charge in [-0.2, -0.15) is 0 Å². The van der Waals surface area contributed by atoms with Crippen molar-refractivity contribution in [2.45, 2.75) is 11.3 Å². The first-order valence-electron chi connectivity index (χ1n) is 4.88. The molecule has 100 valence electrons. The molecular formula is C9H11Cl2N3O3S. The van der Waals surface area contributed by atoms with Gasteiger partial charge in [0.05, 0.1) is 5.02 Å². The van der Waals surface area contributed by atoms with Crippen LogP contribution >= 0.6 is 23.2 Å². The Labute approximate surface area is 115 Å². The number of nitrogens with zero attached hydrogens (tertiary/aromatic N) is 1. The summed E-state index contributed by atoms with van der Waals surface area (Å²) in [5, 5.41) is 2.46. The Morgan fingerprint density at radius 2 is 2.11 bits per heavy atom. The van der Waals surface area contributed by atoms with Crippen LogP contribution in [0.4, 0.5) is 0 Å². The van der Waals surface area contributed by atoms with Gasteiger partial charge >= 0.3 is 0 Å². The molecule has 0 aliphatic rings. The second-order valence-corrected chi connectivity index (χ2v) is 5.80. The highest BCUT2D eigenvalue weighted by atomic mass is 35.5. The third-order valence-corrected chi connectivity index (χ3v) is 4.12. The first kappa shape index (κ1) is 15.2. The van der Waals surface area contributed by atoms with Gasteiger partial charge < -0.3 is 5.32 Å². The molecule has 1 amide bonds. The molecule has 18 heavy (non-hydrogen) atoms. The number of sulfonamides is 1. The van der Waals surface area contributed by atoms with Crippen LogP contribution in [0.1, 0.15) is 6.42 Å². The average Bonchev–Trinajstić information content (AvgIpc) is 2.32. The maximum Gasteiger partial charge on any atom is 0.242 e. The van der Waals surface area contributed by atoms with E-state index in [-0.39, 0.29) is 33.9 Å². The smallest absolute Gasteiger partial charge is 0.242 e. The van der Waals surface area contributed by atoms with Gasteiger partial charge in [0.2, 0.25) is 15.9 Å². The molecule has 0 radical (unpaired) electrons. The lowest BCUT2D eigenvalue weighted by Gasteiger charge is -2.06. The van der Waals surface area contributed by atoms with E-state index in [1.54, 1.807) is 0 Å². The van der Waals surface area contributed by atoms with Gasteiger partial charge in [0, 0.05) is 26.2 Å². The molecule has 0 aromatic carbocycles. The number of hydrogen-bond acceptors (Lipinski definition) is 4. The number of halogens is 2. The van der Waals surface area contributed by atoms with Crippen LogP contribution < -0.4 is 10.0 Å². The first-order chi connectivity index (χ1) is 8.36. The van der Waals surface area contributed by atoms with E-state index in [9.17, 15) is 13.2 Å². The standard InChI is InChI=1S/C9H11Cl2N3O3S/c1-12-8(15)2-3-14-18(16,17)6-4-7(10)9(11)13-5-6/h4-5,14H,2-3H2,1H3,(H,12,15). The van der Waals surface area contributed by atoms with Crippen molar-refractivity contribution < 1.29 is 13.2 Å². The van der Waals surface area contributed by atoms with Crippen molar-refractivity contribution in [2.75, 3.05) is 13.6 Å². The fourth-order valence-corrected chi connectivity index (χ4v) is 2.39. The minimum absolute atomic E-state index is 0.0117. The number of hydrogen-bond donors (Lipinski definition) is 2. The molecule has 0 aliphatic carbocycles. The molecule has 9 heteroatoms. The highest BCUT2D eigenvalue weighted by Crippen LogP contribution is 2.21. The molecule has 0 saturated heterocycles. The van der Waals surface area contributed by atoms with Crippen LogP contribution in [0.2, 0.25) is 10.2 Å². The quantitative estimate of drug-likeness (QED) is 0.787. The average molecular weight is 312 g/mol. The van der Waals surface area contributed by atoms with Gasteiger partial charge in [0.15, 0.2) is 0 Å². The number of carbonyl (C=O) groups excluding carboxylic acids is 1. The predicted molar refractivity (Wildman–Crippen MR) is 68.1 cm³/mol. The zero-order chi connectivity index (χ0) is 13.8. The third kappa shape index (κ3) is 4.09. The lowest BCUT2D eigenvalue weighted by Crippen LogP contribution is -2.29. The van der Waals surface area contributed by atoms with Crippen LogP contribution in [0.15, 0.2) is 17.2 Å². The van der Waals surface area contributed by atoms with Crippen LogP contribution in [-0.4, -0.2) is 32.9 Å². The molecule has 1 aromatic rings. The molecule has 1 rings (SSSR count). The van der Waals surface area contributed by atoms with E-state index in [0.717, 1.165) is 6.20 Å². The van der Waals surface area contributed by atoms with Gasteiger partial charge in [-0.25, -0.2) is 18.1 Å². The summed E-state index contributed by atoms with van der Waals surface area (Å²) in [4.78, 5) is 14.5. The van der Waals surface area contributed by atoms with Crippen molar-refractivity contribution in [3.8, 4) is 0 Å². The lowest BCUT2D eigenvalue weighted by molar-refractivity contribution is -0.120. The number of pyridine rings is 1. The van der Waals surface area contributed by atoms with E-state index in [1.165, 1.54) is 13.1 Å². The number of aromatic nitrogens is 1. The van der Waals surface area contributed by atoms with Gasteiger partial charge in [-0.1, -0.05) is 23.2 Å². The van der Waals surface area contributed by atoms with Crippen molar-refractivity contribution in [2.24, 2.45) is 0 Å². The van der Waals surface area contributed by atoms with E-state index in [0.29, 0.717) is 0 Å². The minimum Gasteiger partial charge on any atom is -0.359 e. The van der Waals surface area contributed by atoms with E-state index >= 15 is 0 Å². The molecule has 0 fully saturated rings. The number of amides is 1. The van der Waals surface area contributed by atoms with Gasteiger partial charge in [-0.05, 0) is 6.07 Å². The molecule has 2 N–H and O–H groups in total. The maximum atomic E-state index is 11.8. The number of rotatable bonds is 5. The van der Waals surface area contributed by atoms with Gasteiger partial charge in [-0.15, -0.1) is 0 Å². The van der Waals surface area contributed by atoms with Crippen LogP contribution in [0.25, 0.3) is 0 Å². The Hall–Kier alpha value is -0.890. The lowest BCUT2D eigenvalue weighted by atomic mass is 10.4. The van der Waals surface area contributed by atoms with Crippen LogP contribution in [0.3, 0.4) is 0 Å². The highest BCUT2D eigenvalue weighted by Gasteiger charge is 2.16. The molecule has 1 heterocycles. The summed E-state index contributed by atoms with van der Waals surface area (Å²) in [6, 6.07) is 1.19. The van der Waals surface area contributed by atoms with E-state index in [4.69, 9.17) is 23.2 Å². The second kappa shape index (κ2) is 6.33. The Kier molecular flexibility index (Phi) is 5.33. The molecule has 0 spiro atoms. The Bertz CT molecular complexity index is 548. The summed E-state index contributed by atoms with van der Waals surface area (Å²) < 4.78 is 25.8. The maximum absolute atomic E-state index is 11.8. The highest BCUT2D eigenvalue weighted by molar-refractivity contribution is 7.89. The van der Waals surface area contributed by atoms with Crippen molar-refractivity contribution in [3.63, 3.8) is 0 Å². The summed E-state index contributed by atoms with van der Waals surface area (Å²) in [6.07, 6.45) is 1.14. The largest absolute Gasteiger partial charge is 0.359 e. The van der Waals surface area contributed by atoms with Gasteiger partial charge in [0.25, 0.3) is 0 Å². The SMILES string of the molecule is CNC(=O)CCNS(=O)(=O)c1cnc(Cl)c(Cl)c1. The number of carbonyl (C=O) groups is 1. The van der Waals surface area contributed by atoms with Crippen LogP contribution in [0.5, 0.6) is 0 Å². The molecule has 0 atom stereocenters. The van der Waals surface area contributed by atoms with Crippen molar-refractivity contribution in [1.29, 1.82) is 0 Å². The Morgan fingerprint density at radius 1 is 1.44 bits per heavy atom. The molecule has 0 unspecified atom stereocenters. The topological polar surface area (TPSA) is 88.2 Å². The van der Waals surface area contributed by atoms with Crippen molar-refractivity contribution in [3.05, 3.63) is 22.4 Å². The van der Waals surface area contributed by atoms with Gasteiger partial charge in [-0.3, -0.25) is 4.79 Å². The predicted octanol–water partition coefficient (Wildman–Crippen LogP) is 0.803. The zero-order valence-electron chi connectivity index (χ0n) is 9.41. The Balaban J connectivity index is 2.74. The van der Waals surface area contributed by atoms with Crippen molar-refractivity contribution in [1.82, 2.24) is 15.0 Å². The monoisotopic (exact) mass is 311 g/mol. The molecular weight excluding hydrogens is 301 g/mol. The van der Waals surface area contributed by atoms with Crippen LogP contribution in [0, 0.1) is 0 Å². The first-order valence-corrected chi connectivity index (χ1v) is 7.12. The summed E-state index contributed by atoms with van der Waals surface area (Å²) in [5.41, 5.74) is 0. The third-order valence-electron chi connectivity index (χ3n) is 2.00. The fraction of sp³-hybridized carbons (Fsp3) is 0.333. The van der Waals surface area contributed by atoms with Gasteiger partial charge in [0.1, 0.15) is 10.0 Å². The summed E-state index contributed by atoms with van der Waals surface area (Å²) >= 11 is 11.3. The molecule has 0 bridgehead atoms. The minimum atomic E-state index is -3.74. The summed E-state index contributed by atoms with van der Waals surface area (Å²) in [6.45, 7) is -0.0117. The molecule has 6 nitrogen and oxygen atoms in total. The van der Waals surface area contributed by atoms with E-state index in [2.05, 4.69) is 15.0 Å². The van der Waals surface area contributed by atoms with Crippen LogP contribution in [-0.2, 0) is 14.8 Å². The van der Waals surface area contributed by atoms with Crippen molar-refractivity contribution >= 4 is 39.1 Å². The fourth-order valence-electron chi connectivity index (χ4n) is 1.06. The normalized spacial score (nSPS) is 11.3. The molecule has 0 saturated carbocycles. The number of nitrogens with one attached hydrogen (secondary N) is 2. The molecule has 0 aliphatic heterocycles. The summed E-state index contributed by atoms with van der Waals surface area (Å²) in [5.74, 6) is -0.259. The van der Waals surface area contributed by atoms with E-state index < -0.39 is 10.0 Å². The summed E-state index contributed by atoms with van der Waals surface area (Å²) in [7, 11) is -2.27. The Morgan fingerprint density at radius 3 is 2.67 bits per heavy atom. The van der Waals surface area contributed by atoms with E-state index in [1.807, 2.05) is 0 Å². The molecule has 1 aromatic heterocycles. The zero-order valence-corrected chi connectivity index (χ0v) is 11.7. The second-order valence-electron chi connectivity index (χ2n) is 3.26.